The maximum atomic E-state index is 12.9. The molecule has 1 heterocycles. The predicted octanol–water partition coefficient (Wildman–Crippen LogP) is 3.05. The molecule has 0 radical (unpaired) electrons. The topological polar surface area (TPSA) is 77.8 Å². The lowest BCUT2D eigenvalue weighted by Crippen LogP contribution is -2.47. The van der Waals surface area contributed by atoms with Gasteiger partial charge in [-0.15, -0.1) is 0 Å². The zero-order valence-electron chi connectivity index (χ0n) is 17.7. The normalized spacial score (nSPS) is 15.2. The third-order valence-corrected chi connectivity index (χ3v) is 7.97. The highest BCUT2D eigenvalue weighted by atomic mass is 28.3. The van der Waals surface area contributed by atoms with Crippen LogP contribution in [-0.2, 0) is 29.1 Å². The molecule has 29 heavy (non-hydrogen) atoms. The van der Waals surface area contributed by atoms with Crippen molar-refractivity contribution in [1.29, 1.82) is 0 Å². The Bertz CT molecular complexity index is 963. The van der Waals surface area contributed by atoms with E-state index in [-0.39, 0.29) is 12.3 Å². The van der Waals surface area contributed by atoms with Crippen molar-refractivity contribution in [3.63, 3.8) is 0 Å². The Morgan fingerprint density at radius 3 is 2.28 bits per heavy atom. The van der Waals surface area contributed by atoms with Crippen LogP contribution in [0.15, 0.2) is 30.3 Å². The van der Waals surface area contributed by atoms with E-state index in [1.165, 1.54) is 0 Å². The molecule has 0 fully saturated rings. The number of rotatable bonds is 5. The van der Waals surface area contributed by atoms with Crippen molar-refractivity contribution >= 4 is 25.1 Å². The van der Waals surface area contributed by atoms with Crippen LogP contribution in [0.1, 0.15) is 39.5 Å². The lowest BCUT2D eigenvalue weighted by molar-refractivity contribution is -0.146. The first-order valence-corrected chi connectivity index (χ1v) is 13.4. The molecule has 3 rings (SSSR count). The van der Waals surface area contributed by atoms with E-state index in [9.17, 15) is 19.8 Å². The lowest BCUT2D eigenvalue weighted by Gasteiger charge is -2.36. The Kier molecular flexibility index (Phi) is 5.69. The minimum atomic E-state index is -1.96. The second kappa shape index (κ2) is 7.76. The predicted molar refractivity (Wildman–Crippen MR) is 116 cm³/mol. The van der Waals surface area contributed by atoms with Gasteiger partial charge >= 0.3 is 5.97 Å². The van der Waals surface area contributed by atoms with Crippen LogP contribution in [0.4, 0.5) is 0 Å². The average Bonchev–Trinajstić information content (AvgIpc) is 2.64. The molecule has 1 atom stereocenters. The number of hydrogen-bond acceptors (Lipinski definition) is 3. The molecular weight excluding hydrogens is 382 g/mol. The van der Waals surface area contributed by atoms with E-state index in [0.29, 0.717) is 18.7 Å². The molecule has 0 aromatic heterocycles. The van der Waals surface area contributed by atoms with Crippen LogP contribution in [0.5, 0.6) is 0 Å². The molecule has 0 aliphatic carbocycles. The van der Waals surface area contributed by atoms with E-state index in [1.54, 1.807) is 0 Å². The maximum absolute atomic E-state index is 12.9. The number of carbonyl (C=O) groups is 2. The van der Waals surface area contributed by atoms with Crippen LogP contribution in [0, 0.1) is 13.8 Å². The van der Waals surface area contributed by atoms with Crippen molar-refractivity contribution in [2.24, 2.45) is 0 Å². The highest BCUT2D eigenvalue weighted by molar-refractivity contribution is 6.89. The van der Waals surface area contributed by atoms with Gasteiger partial charge in [0.1, 0.15) is 0 Å². The van der Waals surface area contributed by atoms with Crippen LogP contribution in [0.2, 0.25) is 19.6 Å². The maximum Gasteiger partial charge on any atom is 0.337 e. The summed E-state index contributed by atoms with van der Waals surface area (Å²) in [6.07, 6.45) is -1.33. The minimum absolute atomic E-state index is 0.0281. The molecule has 0 spiro atoms. The van der Waals surface area contributed by atoms with Gasteiger partial charge in [0.05, 0.1) is 14.5 Å². The second-order valence-corrected chi connectivity index (χ2v) is 13.9. The van der Waals surface area contributed by atoms with Crippen molar-refractivity contribution in [1.82, 2.24) is 4.90 Å². The Balaban J connectivity index is 2.14. The van der Waals surface area contributed by atoms with Gasteiger partial charge in [-0.2, -0.15) is 0 Å². The Morgan fingerprint density at radius 2 is 1.72 bits per heavy atom. The number of carboxylic acid groups (broad SMARTS) is 1. The van der Waals surface area contributed by atoms with Gasteiger partial charge in [0, 0.05) is 13.1 Å². The number of nitrogens with zero attached hydrogens (tertiary/aromatic N) is 1. The molecule has 6 heteroatoms. The number of carbonyl (C=O) groups excluding carboxylic acids is 1. The first-order valence-electron chi connectivity index (χ1n) is 9.90. The number of aliphatic hydroxyl groups excluding tert-OH is 1. The zero-order chi connectivity index (χ0) is 21.5. The minimum Gasteiger partial charge on any atom is -0.479 e. The van der Waals surface area contributed by atoms with Gasteiger partial charge in [-0.05, 0) is 47.2 Å². The second-order valence-electron chi connectivity index (χ2n) is 8.90. The molecule has 1 aliphatic heterocycles. The first kappa shape index (κ1) is 21.3. The number of fused-ring (bicyclic) bond motifs is 1. The summed E-state index contributed by atoms with van der Waals surface area (Å²) in [5.41, 5.74) is 5.36. The summed E-state index contributed by atoms with van der Waals surface area (Å²) < 4.78 is 0. The number of aliphatic carboxylic acids is 1. The van der Waals surface area contributed by atoms with Gasteiger partial charge in [0.15, 0.2) is 6.10 Å². The summed E-state index contributed by atoms with van der Waals surface area (Å²) in [7, 11) is -1.96. The molecule has 0 bridgehead atoms. The third kappa shape index (κ3) is 4.00. The van der Waals surface area contributed by atoms with Gasteiger partial charge in [-0.1, -0.05) is 55.2 Å². The summed E-state index contributed by atoms with van der Waals surface area (Å²) in [6.45, 7) is 11.4. The van der Waals surface area contributed by atoms with Crippen LogP contribution < -0.4 is 5.19 Å². The number of amides is 1. The SMILES string of the molecule is Cc1c2c(c(C)c([Si](C)(C)C)c1C(O)C(=O)O)CN(Cc1ccccc1)C(=O)C2. The van der Waals surface area contributed by atoms with Crippen LogP contribution in [0.3, 0.4) is 0 Å². The quantitative estimate of drug-likeness (QED) is 0.742. The fraction of sp³-hybridized carbons (Fsp3) is 0.391. The molecule has 5 nitrogen and oxygen atoms in total. The van der Waals surface area contributed by atoms with Crippen molar-refractivity contribution in [3.05, 3.63) is 63.7 Å². The Morgan fingerprint density at radius 1 is 1.10 bits per heavy atom. The van der Waals surface area contributed by atoms with E-state index < -0.39 is 20.1 Å². The molecule has 0 saturated heterocycles. The smallest absolute Gasteiger partial charge is 0.337 e. The number of hydrogen-bond donors (Lipinski definition) is 2. The van der Waals surface area contributed by atoms with Crippen LogP contribution >= 0.6 is 0 Å². The highest BCUT2D eigenvalue weighted by Crippen LogP contribution is 2.33. The van der Waals surface area contributed by atoms with E-state index in [4.69, 9.17) is 0 Å². The number of benzene rings is 2. The van der Waals surface area contributed by atoms with Crippen LogP contribution in [0.25, 0.3) is 0 Å². The molecule has 2 N–H and O–H groups in total. The molecule has 2 aromatic carbocycles. The summed E-state index contributed by atoms with van der Waals surface area (Å²) >= 11 is 0. The molecule has 1 amide bonds. The van der Waals surface area contributed by atoms with Gasteiger partial charge in [0.25, 0.3) is 0 Å². The molecule has 2 aromatic rings. The van der Waals surface area contributed by atoms with Gasteiger partial charge < -0.3 is 15.1 Å². The van der Waals surface area contributed by atoms with E-state index in [0.717, 1.165) is 33.0 Å². The van der Waals surface area contributed by atoms with E-state index in [2.05, 4.69) is 19.6 Å². The van der Waals surface area contributed by atoms with Gasteiger partial charge in [-0.3, -0.25) is 4.79 Å². The fourth-order valence-corrected chi connectivity index (χ4v) is 6.94. The first-order chi connectivity index (χ1) is 13.5. The summed E-state index contributed by atoms with van der Waals surface area (Å²) in [6, 6.07) is 9.92. The molecular formula is C23H29NO4Si. The lowest BCUT2D eigenvalue weighted by atomic mass is 9.86. The van der Waals surface area contributed by atoms with Crippen LogP contribution in [-0.4, -0.2) is 35.1 Å². The number of aliphatic hydroxyl groups is 1. The third-order valence-electron chi connectivity index (χ3n) is 5.82. The number of carboxylic acids is 1. The van der Waals surface area contributed by atoms with Crippen molar-refractivity contribution in [2.45, 2.75) is 59.1 Å². The van der Waals surface area contributed by atoms with Gasteiger partial charge in [-0.25, -0.2) is 4.79 Å². The Hall–Kier alpha value is -2.44. The average molecular weight is 412 g/mol. The summed E-state index contributed by atoms with van der Waals surface area (Å²) in [4.78, 5) is 26.4. The summed E-state index contributed by atoms with van der Waals surface area (Å²) in [5.74, 6) is -1.22. The summed E-state index contributed by atoms with van der Waals surface area (Å²) in [5, 5.41) is 21.0. The van der Waals surface area contributed by atoms with Crippen molar-refractivity contribution < 1.29 is 19.8 Å². The Labute approximate surface area is 173 Å². The van der Waals surface area contributed by atoms with Crippen molar-refractivity contribution in [3.8, 4) is 0 Å². The monoisotopic (exact) mass is 411 g/mol. The van der Waals surface area contributed by atoms with Crippen molar-refractivity contribution in [2.75, 3.05) is 0 Å². The highest BCUT2D eigenvalue weighted by Gasteiger charge is 2.36. The fourth-order valence-electron chi connectivity index (χ4n) is 4.53. The largest absolute Gasteiger partial charge is 0.479 e. The van der Waals surface area contributed by atoms with E-state index in [1.807, 2.05) is 49.1 Å². The molecule has 0 saturated carbocycles. The molecule has 1 aliphatic rings. The standard InChI is InChI=1S/C23H29NO4Si/c1-14-17-11-19(25)24(12-16-9-7-6-8-10-16)13-18(17)15(2)22(29(3,4)5)20(14)21(26)23(27)28/h6-10,21,26H,11-13H2,1-5H3,(H,27,28). The van der Waals surface area contributed by atoms with E-state index >= 15 is 0 Å². The van der Waals surface area contributed by atoms with Gasteiger partial charge in [0.2, 0.25) is 5.91 Å². The zero-order valence-corrected chi connectivity index (χ0v) is 18.7. The molecule has 1 unspecified atom stereocenters. The molecule has 154 valence electrons.